The van der Waals surface area contributed by atoms with Crippen molar-refractivity contribution in [3.63, 3.8) is 0 Å². The summed E-state index contributed by atoms with van der Waals surface area (Å²) in [6, 6.07) is 16.3. The van der Waals surface area contributed by atoms with Gasteiger partial charge in [-0.2, -0.15) is 0 Å². The molecule has 0 bridgehead atoms. The van der Waals surface area contributed by atoms with Gasteiger partial charge in [0.2, 0.25) is 0 Å². The van der Waals surface area contributed by atoms with Crippen molar-refractivity contribution in [2.45, 2.75) is 25.0 Å². The van der Waals surface area contributed by atoms with Gasteiger partial charge < -0.3 is 20.2 Å². The summed E-state index contributed by atoms with van der Waals surface area (Å²) in [5.41, 5.74) is 3.79. The molecule has 2 aliphatic rings. The van der Waals surface area contributed by atoms with E-state index in [1.54, 1.807) is 0 Å². The van der Waals surface area contributed by atoms with Crippen molar-refractivity contribution in [3.05, 3.63) is 59.7 Å². The predicted molar refractivity (Wildman–Crippen MR) is 98.8 cm³/mol. The van der Waals surface area contributed by atoms with Gasteiger partial charge in [-0.3, -0.25) is 4.79 Å². The minimum atomic E-state index is -0.132. The highest BCUT2D eigenvalue weighted by atomic mass is 16.3. The Morgan fingerprint density at radius 1 is 1.16 bits per heavy atom. The first kappa shape index (κ1) is 16.0. The SMILES string of the molecule is CN(CCO)c1ccc(C2Nc3ccccc3C(=O)N2C2CC2)cc1. The van der Waals surface area contributed by atoms with Gasteiger partial charge in [-0.15, -0.1) is 0 Å². The summed E-state index contributed by atoms with van der Waals surface area (Å²) in [6.07, 6.45) is 2.01. The first-order valence-electron chi connectivity index (χ1n) is 8.79. The summed E-state index contributed by atoms with van der Waals surface area (Å²) in [5, 5.41) is 12.6. The molecule has 5 nitrogen and oxygen atoms in total. The Bertz CT molecular complexity index is 771. The number of carbonyl (C=O) groups excluding carboxylic acids is 1. The molecule has 0 spiro atoms. The van der Waals surface area contributed by atoms with E-state index in [9.17, 15) is 4.79 Å². The van der Waals surface area contributed by atoms with Crippen molar-refractivity contribution in [1.29, 1.82) is 0 Å². The minimum Gasteiger partial charge on any atom is -0.395 e. The number of hydrogen-bond donors (Lipinski definition) is 2. The lowest BCUT2D eigenvalue weighted by molar-refractivity contribution is 0.0666. The van der Waals surface area contributed by atoms with Gasteiger partial charge in [0, 0.05) is 31.0 Å². The molecular formula is C20H23N3O2. The third kappa shape index (κ3) is 2.96. The van der Waals surface area contributed by atoms with Gasteiger partial charge in [0.05, 0.1) is 12.2 Å². The fourth-order valence-electron chi connectivity index (χ4n) is 3.43. The van der Waals surface area contributed by atoms with Crippen LogP contribution in [0.2, 0.25) is 0 Å². The van der Waals surface area contributed by atoms with E-state index in [2.05, 4.69) is 17.4 Å². The Hall–Kier alpha value is -2.53. The molecule has 1 aliphatic heterocycles. The Morgan fingerprint density at radius 3 is 2.56 bits per heavy atom. The van der Waals surface area contributed by atoms with Crippen LogP contribution in [0.3, 0.4) is 0 Å². The van der Waals surface area contributed by atoms with E-state index in [0.717, 1.165) is 35.3 Å². The number of fused-ring (bicyclic) bond motifs is 1. The molecule has 0 saturated heterocycles. The number of likely N-dealkylation sites (N-methyl/N-ethyl adjacent to an activating group) is 1. The summed E-state index contributed by atoms with van der Waals surface area (Å²) < 4.78 is 0. The van der Waals surface area contributed by atoms with Gasteiger partial charge in [0.1, 0.15) is 6.17 Å². The minimum absolute atomic E-state index is 0.114. The van der Waals surface area contributed by atoms with Crippen LogP contribution in [0.5, 0.6) is 0 Å². The number of aliphatic hydroxyl groups is 1. The maximum atomic E-state index is 13.0. The standard InChI is InChI=1S/C20H23N3O2/c1-22(12-13-24)15-8-6-14(7-9-15)19-21-18-5-3-2-4-17(18)20(25)23(19)16-10-11-16/h2-9,16,19,21,24H,10-13H2,1H3. The van der Waals surface area contributed by atoms with E-state index in [1.165, 1.54) is 0 Å². The number of para-hydroxylation sites is 1. The van der Waals surface area contributed by atoms with Gasteiger partial charge in [0.15, 0.2) is 0 Å². The van der Waals surface area contributed by atoms with E-state index >= 15 is 0 Å². The fraction of sp³-hybridized carbons (Fsp3) is 0.350. The summed E-state index contributed by atoms with van der Waals surface area (Å²) >= 11 is 0. The first-order valence-corrected chi connectivity index (χ1v) is 8.79. The molecule has 1 unspecified atom stereocenters. The third-order valence-corrected chi connectivity index (χ3v) is 4.99. The molecule has 1 amide bonds. The third-order valence-electron chi connectivity index (χ3n) is 4.99. The van der Waals surface area contributed by atoms with Crippen LogP contribution in [0.25, 0.3) is 0 Å². The molecule has 1 atom stereocenters. The van der Waals surface area contributed by atoms with Crippen LogP contribution in [0.15, 0.2) is 48.5 Å². The highest BCUT2D eigenvalue weighted by Crippen LogP contribution is 2.40. The molecule has 5 heteroatoms. The van der Waals surface area contributed by atoms with Gasteiger partial charge in [-0.05, 0) is 42.7 Å². The zero-order chi connectivity index (χ0) is 17.4. The van der Waals surface area contributed by atoms with Crippen LogP contribution in [0.1, 0.15) is 34.9 Å². The van der Waals surface area contributed by atoms with Crippen LogP contribution in [-0.2, 0) is 0 Å². The Morgan fingerprint density at radius 2 is 1.88 bits per heavy atom. The zero-order valence-corrected chi connectivity index (χ0v) is 14.4. The van der Waals surface area contributed by atoms with Crippen LogP contribution >= 0.6 is 0 Å². The number of aliphatic hydroxyl groups excluding tert-OH is 1. The lowest BCUT2D eigenvalue weighted by atomic mass is 10.0. The molecule has 4 rings (SSSR count). The van der Waals surface area contributed by atoms with Crippen molar-refractivity contribution in [2.24, 2.45) is 0 Å². The first-order chi connectivity index (χ1) is 12.2. The maximum Gasteiger partial charge on any atom is 0.258 e. The molecule has 1 aliphatic carbocycles. The summed E-state index contributed by atoms with van der Waals surface area (Å²) in [4.78, 5) is 17.0. The second-order valence-corrected chi connectivity index (χ2v) is 6.77. The van der Waals surface area contributed by atoms with Crippen LogP contribution in [0, 0.1) is 0 Å². The van der Waals surface area contributed by atoms with E-state index in [-0.39, 0.29) is 18.7 Å². The lowest BCUT2D eigenvalue weighted by Gasteiger charge is -2.38. The molecule has 1 fully saturated rings. The predicted octanol–water partition coefficient (Wildman–Crippen LogP) is 2.84. The summed E-state index contributed by atoms with van der Waals surface area (Å²) in [6.45, 7) is 0.726. The second kappa shape index (κ2) is 6.41. The van der Waals surface area contributed by atoms with E-state index in [0.29, 0.717) is 12.6 Å². The molecule has 0 aromatic heterocycles. The van der Waals surface area contributed by atoms with Crippen molar-refractivity contribution in [1.82, 2.24) is 4.90 Å². The van der Waals surface area contributed by atoms with E-state index < -0.39 is 0 Å². The topological polar surface area (TPSA) is 55.8 Å². The van der Waals surface area contributed by atoms with E-state index in [4.69, 9.17) is 5.11 Å². The van der Waals surface area contributed by atoms with Crippen molar-refractivity contribution in [3.8, 4) is 0 Å². The van der Waals surface area contributed by atoms with E-state index in [1.807, 2.05) is 53.2 Å². The average Bonchev–Trinajstić information content (AvgIpc) is 3.47. The molecular weight excluding hydrogens is 314 g/mol. The number of nitrogens with zero attached hydrogens (tertiary/aromatic N) is 2. The number of benzene rings is 2. The number of amides is 1. The Balaban J connectivity index is 1.65. The number of nitrogens with one attached hydrogen (secondary N) is 1. The van der Waals surface area contributed by atoms with Gasteiger partial charge in [0.25, 0.3) is 5.91 Å². The van der Waals surface area contributed by atoms with Crippen LogP contribution < -0.4 is 10.2 Å². The largest absolute Gasteiger partial charge is 0.395 e. The smallest absolute Gasteiger partial charge is 0.258 e. The number of hydrogen-bond acceptors (Lipinski definition) is 4. The molecule has 2 N–H and O–H groups in total. The van der Waals surface area contributed by atoms with Crippen molar-refractivity contribution >= 4 is 17.3 Å². The Kier molecular flexibility index (Phi) is 4.09. The van der Waals surface area contributed by atoms with Gasteiger partial charge in [-0.25, -0.2) is 0 Å². The van der Waals surface area contributed by atoms with Gasteiger partial charge in [-0.1, -0.05) is 24.3 Å². The van der Waals surface area contributed by atoms with Crippen LogP contribution in [0.4, 0.5) is 11.4 Å². The molecule has 2 aromatic carbocycles. The second-order valence-electron chi connectivity index (χ2n) is 6.77. The van der Waals surface area contributed by atoms with Crippen molar-refractivity contribution < 1.29 is 9.90 Å². The molecule has 1 saturated carbocycles. The summed E-state index contributed by atoms with van der Waals surface area (Å²) in [5.74, 6) is 0.114. The monoisotopic (exact) mass is 337 g/mol. The van der Waals surface area contributed by atoms with Gasteiger partial charge >= 0.3 is 0 Å². The number of anilines is 2. The highest BCUT2D eigenvalue weighted by molar-refractivity contribution is 6.02. The Labute approximate surface area is 147 Å². The average molecular weight is 337 g/mol. The number of rotatable bonds is 5. The normalized spacial score (nSPS) is 19.4. The fourth-order valence-corrected chi connectivity index (χ4v) is 3.43. The van der Waals surface area contributed by atoms with Crippen molar-refractivity contribution in [2.75, 3.05) is 30.4 Å². The summed E-state index contributed by atoms with van der Waals surface area (Å²) in [7, 11) is 1.96. The number of carbonyl (C=O) groups is 1. The molecule has 130 valence electrons. The maximum absolute atomic E-state index is 13.0. The van der Waals surface area contributed by atoms with Crippen LogP contribution in [-0.4, -0.2) is 42.2 Å². The molecule has 25 heavy (non-hydrogen) atoms. The molecule has 1 heterocycles. The molecule has 0 radical (unpaired) electrons. The zero-order valence-electron chi connectivity index (χ0n) is 14.4. The quantitative estimate of drug-likeness (QED) is 0.881. The molecule has 2 aromatic rings. The highest BCUT2D eigenvalue weighted by Gasteiger charge is 2.41. The lowest BCUT2D eigenvalue weighted by Crippen LogP contribution is -2.44.